The molecular weight excluding hydrogens is 214 g/mol. The summed E-state index contributed by atoms with van der Waals surface area (Å²) in [4.78, 5) is 9.00. The summed E-state index contributed by atoms with van der Waals surface area (Å²) in [5.41, 5.74) is 9.81. The molecule has 0 saturated carbocycles. The molecule has 0 aromatic rings. The van der Waals surface area contributed by atoms with E-state index in [0.717, 1.165) is 6.92 Å². The van der Waals surface area contributed by atoms with Crippen LogP contribution >= 0.6 is 0 Å². The first-order valence-electron chi connectivity index (χ1n) is 2.24. The molecule has 5 heteroatoms. The number of hydrogen-bond donors (Lipinski definition) is 3. The smallest absolute Gasteiger partial charge is 0.300 e. The Balaban J connectivity index is -0.0000000720. The Labute approximate surface area is 68.3 Å². The van der Waals surface area contributed by atoms with E-state index in [1.807, 2.05) is 0 Å². The Morgan fingerprint density at radius 3 is 1.56 bits per heavy atom. The van der Waals surface area contributed by atoms with Crippen molar-refractivity contribution in [2.24, 2.45) is 11.5 Å². The van der Waals surface area contributed by atoms with E-state index in [2.05, 4.69) is 0 Å². The van der Waals surface area contributed by atoms with E-state index in [4.69, 9.17) is 21.4 Å². The maximum atomic E-state index is 9.00. The molecule has 5 N–H and O–H groups in total. The minimum atomic E-state index is -0.833. The van der Waals surface area contributed by atoms with Crippen LogP contribution in [0.25, 0.3) is 0 Å². The van der Waals surface area contributed by atoms with Gasteiger partial charge in [0.25, 0.3) is 5.97 Å². The molecule has 60 valence electrons. The summed E-state index contributed by atoms with van der Waals surface area (Å²) < 4.78 is 0. The number of carboxylic acid groups (broad SMARTS) is 1. The molecule has 0 unspecified atom stereocenters. The molecule has 0 aliphatic carbocycles. The molecule has 0 radical (unpaired) electrons. The number of aliphatic carboxylic acids is 1. The summed E-state index contributed by atoms with van der Waals surface area (Å²) in [5.74, 6) is -0.833. The van der Waals surface area contributed by atoms with Gasteiger partial charge in [0.2, 0.25) is 0 Å². The van der Waals surface area contributed by atoms with E-state index in [9.17, 15) is 0 Å². The van der Waals surface area contributed by atoms with Crippen LogP contribution in [0.15, 0.2) is 0 Å². The van der Waals surface area contributed by atoms with E-state index >= 15 is 0 Å². The first-order valence-corrected chi connectivity index (χ1v) is 2.24. The van der Waals surface area contributed by atoms with Crippen molar-refractivity contribution in [3.63, 3.8) is 0 Å². The number of rotatable bonds is 1. The van der Waals surface area contributed by atoms with Gasteiger partial charge in [0.05, 0.1) is 0 Å². The quantitative estimate of drug-likeness (QED) is 0.500. The van der Waals surface area contributed by atoms with E-state index < -0.39 is 5.97 Å². The van der Waals surface area contributed by atoms with Crippen LogP contribution in [0.1, 0.15) is 6.92 Å². The van der Waals surface area contributed by atoms with E-state index in [0.29, 0.717) is 13.1 Å². The fourth-order valence-electron chi connectivity index (χ4n) is 0. The number of carbonyl (C=O) groups is 1. The molecular formula is C4H12N2O2Pd. The van der Waals surface area contributed by atoms with Crippen LogP contribution in [0, 0.1) is 0 Å². The zero-order valence-electron chi connectivity index (χ0n) is 5.24. The van der Waals surface area contributed by atoms with Gasteiger partial charge in [-0.25, -0.2) is 0 Å². The maximum absolute atomic E-state index is 9.00. The Morgan fingerprint density at radius 2 is 1.56 bits per heavy atom. The summed E-state index contributed by atoms with van der Waals surface area (Å²) in [5, 5.41) is 7.42. The van der Waals surface area contributed by atoms with Gasteiger partial charge in [0.1, 0.15) is 0 Å². The number of hydrogen-bond acceptors (Lipinski definition) is 3. The van der Waals surface area contributed by atoms with Crippen LogP contribution in [0.5, 0.6) is 0 Å². The van der Waals surface area contributed by atoms with Crippen molar-refractivity contribution in [3.05, 3.63) is 0 Å². The second-order valence-electron chi connectivity index (χ2n) is 1.10. The maximum Gasteiger partial charge on any atom is 0.300 e. The third kappa shape index (κ3) is 266. The summed E-state index contributed by atoms with van der Waals surface area (Å²) in [6.07, 6.45) is 0. The van der Waals surface area contributed by atoms with E-state index in [1.54, 1.807) is 0 Å². The second-order valence-corrected chi connectivity index (χ2v) is 1.10. The van der Waals surface area contributed by atoms with Gasteiger partial charge in [0.15, 0.2) is 0 Å². The van der Waals surface area contributed by atoms with Crippen molar-refractivity contribution in [1.82, 2.24) is 0 Å². The van der Waals surface area contributed by atoms with Crippen molar-refractivity contribution >= 4 is 5.97 Å². The van der Waals surface area contributed by atoms with Crippen LogP contribution in [0.2, 0.25) is 0 Å². The monoisotopic (exact) mass is 226 g/mol. The normalized spacial score (nSPS) is 6.11. The molecule has 0 amide bonds. The van der Waals surface area contributed by atoms with Gasteiger partial charge < -0.3 is 16.6 Å². The van der Waals surface area contributed by atoms with Crippen LogP contribution in [-0.2, 0) is 25.2 Å². The summed E-state index contributed by atoms with van der Waals surface area (Å²) >= 11 is 0. The van der Waals surface area contributed by atoms with Gasteiger partial charge in [-0.2, -0.15) is 0 Å². The summed E-state index contributed by atoms with van der Waals surface area (Å²) in [6.45, 7) is 2.28. The third-order valence-electron chi connectivity index (χ3n) is 0.167. The zero-order chi connectivity index (χ0) is 6.99. The molecule has 9 heavy (non-hydrogen) atoms. The summed E-state index contributed by atoms with van der Waals surface area (Å²) in [6, 6.07) is 0. The molecule has 0 atom stereocenters. The molecule has 0 rings (SSSR count). The van der Waals surface area contributed by atoms with Crippen LogP contribution in [-0.4, -0.2) is 24.2 Å². The first kappa shape index (κ1) is 16.0. The Kier molecular flexibility index (Phi) is 27.9. The largest absolute Gasteiger partial charge is 0.481 e. The van der Waals surface area contributed by atoms with E-state index in [1.165, 1.54) is 0 Å². The van der Waals surface area contributed by atoms with Crippen LogP contribution in [0.3, 0.4) is 0 Å². The average molecular weight is 227 g/mol. The fourth-order valence-corrected chi connectivity index (χ4v) is 0. The molecule has 0 fully saturated rings. The molecule has 0 bridgehead atoms. The van der Waals surface area contributed by atoms with Gasteiger partial charge in [-0.15, -0.1) is 0 Å². The van der Waals surface area contributed by atoms with Crippen LogP contribution in [0.4, 0.5) is 0 Å². The molecule has 0 spiro atoms. The van der Waals surface area contributed by atoms with Crippen molar-refractivity contribution in [3.8, 4) is 0 Å². The number of carboxylic acids is 1. The Hall–Kier alpha value is 0.0523. The van der Waals surface area contributed by atoms with E-state index in [-0.39, 0.29) is 20.4 Å². The predicted molar refractivity (Wildman–Crippen MR) is 31.4 cm³/mol. The minimum Gasteiger partial charge on any atom is -0.481 e. The Bertz CT molecular complexity index is 54.5. The molecule has 0 aromatic carbocycles. The van der Waals surface area contributed by atoms with Crippen molar-refractivity contribution < 1.29 is 30.3 Å². The molecule has 0 aliphatic rings. The average Bonchev–Trinajstić information content (AvgIpc) is 1.65. The zero-order valence-corrected chi connectivity index (χ0v) is 6.80. The van der Waals surface area contributed by atoms with Crippen molar-refractivity contribution in [1.29, 1.82) is 0 Å². The van der Waals surface area contributed by atoms with Crippen LogP contribution < -0.4 is 11.5 Å². The SMILES string of the molecule is CC(=O)O.NCCN.[Pd]. The minimum absolute atomic E-state index is 0. The fraction of sp³-hybridized carbons (Fsp3) is 0.750. The molecule has 4 nitrogen and oxygen atoms in total. The van der Waals surface area contributed by atoms with Gasteiger partial charge in [-0.3, -0.25) is 4.79 Å². The standard InChI is InChI=1S/C2H8N2.C2H4O2.Pd/c3-1-2-4;1-2(3)4;/h1-4H2;1H3,(H,3,4);. The topological polar surface area (TPSA) is 89.3 Å². The predicted octanol–water partition coefficient (Wildman–Crippen LogP) is -1.01. The Morgan fingerprint density at radius 1 is 1.44 bits per heavy atom. The second kappa shape index (κ2) is 15.7. The summed E-state index contributed by atoms with van der Waals surface area (Å²) in [7, 11) is 0. The molecule has 0 aromatic heterocycles. The van der Waals surface area contributed by atoms with Gasteiger partial charge in [-0.1, -0.05) is 0 Å². The first-order chi connectivity index (χ1) is 3.65. The van der Waals surface area contributed by atoms with Gasteiger partial charge >= 0.3 is 0 Å². The van der Waals surface area contributed by atoms with Crippen molar-refractivity contribution in [2.75, 3.05) is 13.1 Å². The molecule has 0 heterocycles. The third-order valence-corrected chi connectivity index (χ3v) is 0.167. The van der Waals surface area contributed by atoms with Crippen molar-refractivity contribution in [2.45, 2.75) is 6.92 Å². The number of nitrogens with two attached hydrogens (primary N) is 2. The van der Waals surface area contributed by atoms with Gasteiger partial charge in [0, 0.05) is 40.4 Å². The molecule has 0 aliphatic heterocycles. The molecule has 0 saturated heterocycles. The van der Waals surface area contributed by atoms with Gasteiger partial charge in [-0.05, 0) is 0 Å².